The molecule has 1 N–H and O–H groups in total. The average Bonchev–Trinajstić information content (AvgIpc) is 2.88. The lowest BCUT2D eigenvalue weighted by molar-refractivity contribution is 0.115. The Hall–Kier alpha value is -0.340. The van der Waals surface area contributed by atoms with Crippen LogP contribution in [0.5, 0.6) is 0 Å². The van der Waals surface area contributed by atoms with E-state index < -0.39 is 0 Å². The fourth-order valence-corrected chi connectivity index (χ4v) is 3.28. The zero-order valence-electron chi connectivity index (χ0n) is 8.70. The minimum Gasteiger partial charge on any atom is -0.387 e. The van der Waals surface area contributed by atoms with Crippen molar-refractivity contribution in [2.75, 3.05) is 0 Å². The molecule has 0 spiro atoms. The lowest BCUT2D eigenvalue weighted by Gasteiger charge is -2.15. The normalized spacial score (nSPS) is 20.1. The molecular weight excluding hydrogens is 192 g/mol. The van der Waals surface area contributed by atoms with Gasteiger partial charge in [-0.15, -0.1) is 11.3 Å². The average molecular weight is 210 g/mol. The van der Waals surface area contributed by atoms with Crippen LogP contribution in [0.25, 0.3) is 0 Å². The molecule has 1 saturated carbocycles. The SMILES string of the molecule is CCc1ccc(C(O)C2CCCC2)s1. The quantitative estimate of drug-likeness (QED) is 0.809. The molecule has 0 aromatic carbocycles. The third-order valence-corrected chi connectivity index (χ3v) is 4.47. The summed E-state index contributed by atoms with van der Waals surface area (Å²) in [6, 6.07) is 4.25. The van der Waals surface area contributed by atoms with Crippen LogP contribution in [-0.4, -0.2) is 5.11 Å². The van der Waals surface area contributed by atoms with Crippen molar-refractivity contribution in [3.63, 3.8) is 0 Å². The molecule has 0 aliphatic heterocycles. The maximum absolute atomic E-state index is 10.1. The molecule has 14 heavy (non-hydrogen) atoms. The number of hydrogen-bond donors (Lipinski definition) is 1. The third-order valence-electron chi connectivity index (χ3n) is 3.17. The fourth-order valence-electron chi connectivity index (χ4n) is 2.25. The van der Waals surface area contributed by atoms with Gasteiger partial charge in [-0.1, -0.05) is 19.8 Å². The topological polar surface area (TPSA) is 20.2 Å². The summed E-state index contributed by atoms with van der Waals surface area (Å²) in [7, 11) is 0. The van der Waals surface area contributed by atoms with E-state index in [9.17, 15) is 5.11 Å². The van der Waals surface area contributed by atoms with Gasteiger partial charge in [0.1, 0.15) is 0 Å². The van der Waals surface area contributed by atoms with E-state index in [0.29, 0.717) is 5.92 Å². The molecule has 0 bridgehead atoms. The Kier molecular flexibility index (Phi) is 3.24. The minimum absolute atomic E-state index is 0.192. The third kappa shape index (κ3) is 2.01. The highest BCUT2D eigenvalue weighted by Gasteiger charge is 2.25. The largest absolute Gasteiger partial charge is 0.387 e. The monoisotopic (exact) mass is 210 g/mol. The maximum atomic E-state index is 10.1. The molecule has 0 amide bonds. The Labute approximate surface area is 89.8 Å². The van der Waals surface area contributed by atoms with Gasteiger partial charge >= 0.3 is 0 Å². The Morgan fingerprint density at radius 1 is 1.43 bits per heavy atom. The molecule has 1 heterocycles. The summed E-state index contributed by atoms with van der Waals surface area (Å²) in [6.45, 7) is 2.16. The van der Waals surface area contributed by atoms with E-state index in [1.54, 1.807) is 11.3 Å². The first-order valence-electron chi connectivity index (χ1n) is 5.58. The second-order valence-electron chi connectivity index (χ2n) is 4.15. The molecule has 2 rings (SSSR count). The molecular formula is C12H18OS. The molecule has 1 aromatic rings. The predicted molar refractivity (Wildman–Crippen MR) is 60.6 cm³/mol. The lowest BCUT2D eigenvalue weighted by Crippen LogP contribution is -2.06. The number of rotatable bonds is 3. The van der Waals surface area contributed by atoms with Crippen LogP contribution in [0.15, 0.2) is 12.1 Å². The van der Waals surface area contributed by atoms with Gasteiger partial charge in [-0.3, -0.25) is 0 Å². The zero-order chi connectivity index (χ0) is 9.97. The molecule has 1 unspecified atom stereocenters. The molecule has 2 heteroatoms. The van der Waals surface area contributed by atoms with Crippen LogP contribution in [0, 0.1) is 5.92 Å². The van der Waals surface area contributed by atoms with Crippen LogP contribution < -0.4 is 0 Å². The summed E-state index contributed by atoms with van der Waals surface area (Å²) in [5.41, 5.74) is 0. The van der Waals surface area contributed by atoms with Crippen molar-refractivity contribution in [3.8, 4) is 0 Å². The van der Waals surface area contributed by atoms with Gasteiger partial charge < -0.3 is 5.11 Å². The standard InChI is InChI=1S/C12H18OS/c1-2-10-7-8-11(14-10)12(13)9-5-3-4-6-9/h7-9,12-13H,2-6H2,1H3. The summed E-state index contributed by atoms with van der Waals surface area (Å²) in [5, 5.41) is 10.1. The van der Waals surface area contributed by atoms with Crippen molar-refractivity contribution in [2.45, 2.75) is 45.1 Å². The minimum atomic E-state index is -0.192. The van der Waals surface area contributed by atoms with E-state index in [2.05, 4.69) is 19.1 Å². The lowest BCUT2D eigenvalue weighted by atomic mass is 10.00. The van der Waals surface area contributed by atoms with Crippen molar-refractivity contribution >= 4 is 11.3 Å². The molecule has 1 fully saturated rings. The predicted octanol–water partition coefficient (Wildman–Crippen LogP) is 3.53. The van der Waals surface area contributed by atoms with Crippen LogP contribution in [0.2, 0.25) is 0 Å². The van der Waals surface area contributed by atoms with E-state index in [0.717, 1.165) is 6.42 Å². The summed E-state index contributed by atoms with van der Waals surface area (Å²) < 4.78 is 0. The van der Waals surface area contributed by atoms with Crippen molar-refractivity contribution in [1.29, 1.82) is 0 Å². The molecule has 1 nitrogen and oxygen atoms in total. The fraction of sp³-hybridized carbons (Fsp3) is 0.667. The van der Waals surface area contributed by atoms with Gasteiger partial charge in [0.15, 0.2) is 0 Å². The number of aliphatic hydroxyl groups is 1. The van der Waals surface area contributed by atoms with E-state index in [4.69, 9.17) is 0 Å². The summed E-state index contributed by atoms with van der Waals surface area (Å²) in [6.07, 6.45) is 5.91. The Bertz CT molecular complexity index is 286. The smallest absolute Gasteiger partial charge is 0.0910 e. The summed E-state index contributed by atoms with van der Waals surface area (Å²) >= 11 is 1.78. The van der Waals surface area contributed by atoms with Crippen LogP contribution >= 0.6 is 11.3 Å². The van der Waals surface area contributed by atoms with Crippen molar-refractivity contribution in [3.05, 3.63) is 21.9 Å². The maximum Gasteiger partial charge on any atom is 0.0910 e. The van der Waals surface area contributed by atoms with E-state index >= 15 is 0 Å². The molecule has 1 atom stereocenters. The Morgan fingerprint density at radius 3 is 2.71 bits per heavy atom. The highest BCUT2D eigenvalue weighted by Crippen LogP contribution is 2.37. The van der Waals surface area contributed by atoms with Crippen molar-refractivity contribution in [2.24, 2.45) is 5.92 Å². The van der Waals surface area contributed by atoms with Crippen molar-refractivity contribution < 1.29 is 5.11 Å². The van der Waals surface area contributed by atoms with Crippen LogP contribution in [0.1, 0.15) is 48.5 Å². The molecule has 1 aromatic heterocycles. The first kappa shape index (κ1) is 10.2. The zero-order valence-corrected chi connectivity index (χ0v) is 9.52. The molecule has 1 aliphatic rings. The van der Waals surface area contributed by atoms with E-state index in [1.165, 1.54) is 35.4 Å². The van der Waals surface area contributed by atoms with Crippen LogP contribution in [0.4, 0.5) is 0 Å². The highest BCUT2D eigenvalue weighted by atomic mass is 32.1. The molecule has 1 aliphatic carbocycles. The van der Waals surface area contributed by atoms with Crippen LogP contribution in [0.3, 0.4) is 0 Å². The highest BCUT2D eigenvalue weighted by molar-refractivity contribution is 7.12. The molecule has 0 radical (unpaired) electrons. The number of aryl methyl sites for hydroxylation is 1. The first-order valence-corrected chi connectivity index (χ1v) is 6.39. The van der Waals surface area contributed by atoms with Gasteiger partial charge in [-0.25, -0.2) is 0 Å². The van der Waals surface area contributed by atoms with Gasteiger partial charge in [0, 0.05) is 9.75 Å². The second kappa shape index (κ2) is 4.45. The van der Waals surface area contributed by atoms with E-state index in [-0.39, 0.29) is 6.10 Å². The number of hydrogen-bond acceptors (Lipinski definition) is 2. The molecule has 0 saturated heterocycles. The van der Waals surface area contributed by atoms with E-state index in [1.807, 2.05) is 0 Å². The Balaban J connectivity index is 2.05. The second-order valence-corrected chi connectivity index (χ2v) is 5.35. The van der Waals surface area contributed by atoms with Gasteiger partial charge in [-0.2, -0.15) is 0 Å². The van der Waals surface area contributed by atoms with Gasteiger partial charge in [0.2, 0.25) is 0 Å². The number of thiophene rings is 1. The Morgan fingerprint density at radius 2 is 2.14 bits per heavy atom. The van der Waals surface area contributed by atoms with Gasteiger partial charge in [-0.05, 0) is 37.3 Å². The number of aliphatic hydroxyl groups excluding tert-OH is 1. The summed E-state index contributed by atoms with van der Waals surface area (Å²) in [5.74, 6) is 0.526. The molecule has 78 valence electrons. The van der Waals surface area contributed by atoms with Crippen LogP contribution in [-0.2, 0) is 6.42 Å². The first-order chi connectivity index (χ1) is 6.81. The van der Waals surface area contributed by atoms with Gasteiger partial charge in [0.05, 0.1) is 6.10 Å². The van der Waals surface area contributed by atoms with Crippen molar-refractivity contribution in [1.82, 2.24) is 0 Å². The van der Waals surface area contributed by atoms with Gasteiger partial charge in [0.25, 0.3) is 0 Å². The summed E-state index contributed by atoms with van der Waals surface area (Å²) in [4.78, 5) is 2.56.